The Morgan fingerprint density at radius 2 is 1.81 bits per heavy atom. The van der Waals surface area contributed by atoms with Gasteiger partial charge in [0.25, 0.3) is 0 Å². The molecule has 2 heterocycles. The second-order valence-corrected chi connectivity index (χ2v) is 3.86. The molecule has 0 bridgehead atoms. The molecule has 0 saturated heterocycles. The fourth-order valence-electron chi connectivity index (χ4n) is 1.10. The predicted octanol–water partition coefficient (Wildman–Crippen LogP) is 1.31. The van der Waals surface area contributed by atoms with Crippen LogP contribution in [0.25, 0.3) is 0 Å². The van der Waals surface area contributed by atoms with Gasteiger partial charge in [0.2, 0.25) is 0 Å². The van der Waals surface area contributed by atoms with Crippen LogP contribution in [0.4, 0.5) is 0 Å². The van der Waals surface area contributed by atoms with Crippen LogP contribution in [0.2, 0.25) is 0 Å². The van der Waals surface area contributed by atoms with Crippen LogP contribution in [0, 0.1) is 5.41 Å². The summed E-state index contributed by atoms with van der Waals surface area (Å²) in [5.74, 6) is -0.00784. The number of nitrogens with one attached hydrogen (secondary N) is 1. The molecular weight excluding hydrogens is 222 g/mol. The van der Waals surface area contributed by atoms with Crippen molar-refractivity contribution >= 4 is 17.6 Å². The first-order chi connectivity index (χ1) is 7.77. The highest BCUT2D eigenvalue weighted by atomic mass is 32.2. The van der Waals surface area contributed by atoms with Crippen LogP contribution >= 0.6 is 11.8 Å². The lowest BCUT2D eigenvalue weighted by Crippen LogP contribution is -2.12. The van der Waals surface area contributed by atoms with E-state index in [0.717, 1.165) is 0 Å². The molecule has 2 rings (SSSR count). The molecule has 0 spiro atoms. The molecule has 0 aliphatic carbocycles. The molecule has 6 heteroatoms. The van der Waals surface area contributed by atoms with Crippen molar-refractivity contribution in [2.45, 2.75) is 10.2 Å². The van der Waals surface area contributed by atoms with E-state index in [1.165, 1.54) is 11.8 Å². The second-order valence-electron chi connectivity index (χ2n) is 2.90. The van der Waals surface area contributed by atoms with Crippen molar-refractivity contribution in [3.8, 4) is 0 Å². The highest BCUT2D eigenvalue weighted by Crippen LogP contribution is 2.24. The lowest BCUT2D eigenvalue weighted by atomic mass is 10.3. The molecule has 16 heavy (non-hydrogen) atoms. The molecule has 0 unspecified atom stereocenters. The Morgan fingerprint density at radius 1 is 1.12 bits per heavy atom. The minimum Gasteiger partial charge on any atom is -0.384 e. The van der Waals surface area contributed by atoms with Crippen LogP contribution < -0.4 is 5.73 Å². The summed E-state index contributed by atoms with van der Waals surface area (Å²) in [6.45, 7) is 0. The normalized spacial score (nSPS) is 10.0. The Morgan fingerprint density at radius 3 is 2.50 bits per heavy atom. The Balaban J connectivity index is 2.31. The molecule has 3 N–H and O–H groups in total. The van der Waals surface area contributed by atoms with Gasteiger partial charge in [0.15, 0.2) is 5.16 Å². The summed E-state index contributed by atoms with van der Waals surface area (Å²) in [7, 11) is 0. The number of nitrogens with zero attached hydrogens (tertiary/aromatic N) is 3. The number of nitrogens with two attached hydrogens (primary N) is 1. The molecule has 0 saturated carbocycles. The lowest BCUT2D eigenvalue weighted by molar-refractivity contribution is 0.959. The lowest BCUT2D eigenvalue weighted by Gasteiger charge is -2.04. The third-order valence-electron chi connectivity index (χ3n) is 1.79. The van der Waals surface area contributed by atoms with E-state index in [1.54, 1.807) is 36.8 Å². The minimum atomic E-state index is -0.00784. The van der Waals surface area contributed by atoms with E-state index < -0.39 is 0 Å². The van der Waals surface area contributed by atoms with E-state index in [2.05, 4.69) is 15.0 Å². The Labute approximate surface area is 96.7 Å². The monoisotopic (exact) mass is 231 g/mol. The molecule has 2 aromatic heterocycles. The Hall–Kier alpha value is -1.95. The van der Waals surface area contributed by atoms with Gasteiger partial charge in [-0.15, -0.1) is 0 Å². The van der Waals surface area contributed by atoms with E-state index in [-0.39, 0.29) is 5.84 Å². The fourth-order valence-corrected chi connectivity index (χ4v) is 1.90. The summed E-state index contributed by atoms with van der Waals surface area (Å²) in [6, 6.07) is 5.24. The van der Waals surface area contributed by atoms with Gasteiger partial charge in [0.05, 0.1) is 0 Å². The maximum atomic E-state index is 7.43. The number of hydrogen-bond donors (Lipinski definition) is 2. The van der Waals surface area contributed by atoms with Crippen molar-refractivity contribution in [2.24, 2.45) is 5.73 Å². The topological polar surface area (TPSA) is 88.5 Å². The van der Waals surface area contributed by atoms with Gasteiger partial charge in [0, 0.05) is 24.2 Å². The summed E-state index contributed by atoms with van der Waals surface area (Å²) in [4.78, 5) is 12.3. The van der Waals surface area contributed by atoms with Crippen LogP contribution in [0.3, 0.4) is 0 Å². The molecule has 80 valence electrons. The van der Waals surface area contributed by atoms with Crippen molar-refractivity contribution in [1.29, 1.82) is 5.41 Å². The summed E-state index contributed by atoms with van der Waals surface area (Å²) >= 11 is 1.29. The third kappa shape index (κ3) is 2.34. The molecule has 0 fully saturated rings. The van der Waals surface area contributed by atoms with Crippen LogP contribution in [0.15, 0.2) is 47.0 Å². The van der Waals surface area contributed by atoms with E-state index in [1.807, 2.05) is 0 Å². The maximum absolute atomic E-state index is 7.43. The smallest absolute Gasteiger partial charge is 0.193 e. The van der Waals surface area contributed by atoms with Crippen molar-refractivity contribution in [1.82, 2.24) is 15.0 Å². The average molecular weight is 231 g/mol. The SMILES string of the molecule is N=C(N)c1cccnc1Sc1ncccn1. The van der Waals surface area contributed by atoms with Crippen molar-refractivity contribution in [3.05, 3.63) is 42.4 Å². The number of aromatic nitrogens is 3. The van der Waals surface area contributed by atoms with Gasteiger partial charge >= 0.3 is 0 Å². The van der Waals surface area contributed by atoms with Gasteiger partial charge in [-0.05, 0) is 30.0 Å². The largest absolute Gasteiger partial charge is 0.384 e. The Kier molecular flexibility index (Phi) is 3.11. The highest BCUT2D eigenvalue weighted by Gasteiger charge is 2.08. The van der Waals surface area contributed by atoms with Gasteiger partial charge in [-0.25, -0.2) is 15.0 Å². The standard InChI is InChI=1S/C10H9N5S/c11-8(12)7-3-1-4-13-9(7)16-10-14-5-2-6-15-10/h1-6H,(H3,11,12). The van der Waals surface area contributed by atoms with E-state index in [0.29, 0.717) is 15.7 Å². The molecule has 0 amide bonds. The third-order valence-corrected chi connectivity index (χ3v) is 2.70. The number of nitrogen functional groups attached to an aromatic ring is 1. The zero-order chi connectivity index (χ0) is 11.4. The zero-order valence-corrected chi connectivity index (χ0v) is 9.11. The summed E-state index contributed by atoms with van der Waals surface area (Å²) in [5.41, 5.74) is 6.05. The van der Waals surface area contributed by atoms with Crippen molar-refractivity contribution in [2.75, 3.05) is 0 Å². The van der Waals surface area contributed by atoms with Gasteiger partial charge in [0.1, 0.15) is 10.9 Å². The van der Waals surface area contributed by atoms with Crippen molar-refractivity contribution in [3.63, 3.8) is 0 Å². The van der Waals surface area contributed by atoms with E-state index in [9.17, 15) is 0 Å². The van der Waals surface area contributed by atoms with Crippen molar-refractivity contribution < 1.29 is 0 Å². The Bertz CT molecular complexity index is 500. The first-order valence-corrected chi connectivity index (χ1v) is 5.33. The van der Waals surface area contributed by atoms with Crippen LogP contribution in [0.1, 0.15) is 5.56 Å². The van der Waals surface area contributed by atoms with Gasteiger partial charge in [-0.3, -0.25) is 5.41 Å². The molecule has 0 atom stereocenters. The molecule has 2 aromatic rings. The highest BCUT2D eigenvalue weighted by molar-refractivity contribution is 7.99. The number of pyridine rings is 1. The first kappa shape index (κ1) is 10.6. The average Bonchev–Trinajstić information content (AvgIpc) is 2.31. The second kappa shape index (κ2) is 4.71. The van der Waals surface area contributed by atoms with E-state index in [4.69, 9.17) is 11.1 Å². The minimum absolute atomic E-state index is 0.00784. The predicted molar refractivity (Wildman–Crippen MR) is 61.4 cm³/mol. The molecule has 0 aliphatic heterocycles. The summed E-state index contributed by atoms with van der Waals surface area (Å²) in [6.07, 6.45) is 4.97. The van der Waals surface area contributed by atoms with Crippen LogP contribution in [-0.4, -0.2) is 20.8 Å². The van der Waals surface area contributed by atoms with Gasteiger partial charge < -0.3 is 5.73 Å². The van der Waals surface area contributed by atoms with Crippen LogP contribution in [0.5, 0.6) is 0 Å². The van der Waals surface area contributed by atoms with E-state index >= 15 is 0 Å². The fraction of sp³-hybridized carbons (Fsp3) is 0. The molecular formula is C10H9N5S. The molecule has 0 radical (unpaired) electrons. The zero-order valence-electron chi connectivity index (χ0n) is 8.29. The van der Waals surface area contributed by atoms with Gasteiger partial charge in [-0.1, -0.05) is 0 Å². The molecule has 0 aliphatic rings. The summed E-state index contributed by atoms with van der Waals surface area (Å²) < 4.78 is 0. The maximum Gasteiger partial charge on any atom is 0.193 e. The number of amidine groups is 1. The quantitative estimate of drug-likeness (QED) is 0.472. The van der Waals surface area contributed by atoms with Gasteiger partial charge in [-0.2, -0.15) is 0 Å². The summed E-state index contributed by atoms with van der Waals surface area (Å²) in [5, 5.41) is 8.65. The molecule has 5 nitrogen and oxygen atoms in total. The first-order valence-electron chi connectivity index (χ1n) is 4.51. The molecule has 0 aromatic carbocycles. The number of rotatable bonds is 3. The van der Waals surface area contributed by atoms with Crippen LogP contribution in [-0.2, 0) is 0 Å². The number of hydrogen-bond acceptors (Lipinski definition) is 5.